The molecule has 0 amide bonds. The van der Waals surface area contributed by atoms with Crippen molar-refractivity contribution >= 4 is 9.84 Å². The molecule has 0 saturated carbocycles. The molecule has 1 saturated heterocycles. The maximum atomic E-state index is 12.0. The van der Waals surface area contributed by atoms with Crippen LogP contribution in [0.15, 0.2) is 0 Å². The fourth-order valence-corrected chi connectivity index (χ4v) is 4.67. The van der Waals surface area contributed by atoms with Gasteiger partial charge in [-0.15, -0.1) is 0 Å². The number of nitrogens with one attached hydrogen (secondary N) is 1. The Balaban J connectivity index is 2.70. The second-order valence-corrected chi connectivity index (χ2v) is 7.38. The third-order valence-electron chi connectivity index (χ3n) is 3.80. The fourth-order valence-electron chi connectivity index (χ4n) is 2.49. The molecule has 0 spiro atoms. The molecular formula is C12H25NO2S. The Bertz CT molecular complexity index is 300. The normalized spacial score (nSPS) is 28.6. The summed E-state index contributed by atoms with van der Waals surface area (Å²) in [6, 6.07) is 0.139. The van der Waals surface area contributed by atoms with Crippen molar-refractivity contribution in [3.63, 3.8) is 0 Å². The first-order chi connectivity index (χ1) is 7.51. The highest BCUT2D eigenvalue weighted by Crippen LogP contribution is 2.25. The minimum absolute atomic E-state index is 0.139. The predicted molar refractivity (Wildman–Crippen MR) is 68.3 cm³/mol. The molecule has 1 heterocycles. The van der Waals surface area contributed by atoms with Crippen LogP contribution in [0, 0.1) is 5.92 Å². The molecule has 0 aliphatic carbocycles. The van der Waals surface area contributed by atoms with E-state index in [1.165, 1.54) is 0 Å². The van der Waals surface area contributed by atoms with Crippen molar-refractivity contribution in [3.05, 3.63) is 0 Å². The maximum absolute atomic E-state index is 12.0. The van der Waals surface area contributed by atoms with Crippen LogP contribution in [-0.2, 0) is 9.84 Å². The summed E-state index contributed by atoms with van der Waals surface area (Å²) in [4.78, 5) is 0. The van der Waals surface area contributed by atoms with E-state index in [0.29, 0.717) is 11.7 Å². The second-order valence-electron chi connectivity index (χ2n) is 5.05. The van der Waals surface area contributed by atoms with Crippen LogP contribution in [0.25, 0.3) is 0 Å². The average molecular weight is 247 g/mol. The quantitative estimate of drug-likeness (QED) is 0.808. The lowest BCUT2D eigenvalue weighted by atomic mass is 9.95. The van der Waals surface area contributed by atoms with Crippen molar-refractivity contribution in [1.82, 2.24) is 5.32 Å². The van der Waals surface area contributed by atoms with Crippen molar-refractivity contribution in [2.45, 2.75) is 57.2 Å². The van der Waals surface area contributed by atoms with Crippen LogP contribution in [0.5, 0.6) is 0 Å². The smallest absolute Gasteiger partial charge is 0.154 e. The molecule has 3 nitrogen and oxygen atoms in total. The van der Waals surface area contributed by atoms with Crippen molar-refractivity contribution < 1.29 is 8.42 Å². The lowest BCUT2D eigenvalue weighted by Gasteiger charge is -2.31. The van der Waals surface area contributed by atoms with Gasteiger partial charge in [-0.05, 0) is 32.2 Å². The van der Waals surface area contributed by atoms with Crippen LogP contribution in [0.4, 0.5) is 0 Å². The van der Waals surface area contributed by atoms with Gasteiger partial charge in [0.2, 0.25) is 0 Å². The van der Waals surface area contributed by atoms with Gasteiger partial charge in [-0.25, -0.2) is 8.42 Å². The molecule has 16 heavy (non-hydrogen) atoms. The Morgan fingerprint density at radius 3 is 2.56 bits per heavy atom. The Hall–Kier alpha value is -0.0900. The molecule has 0 aromatic carbocycles. The van der Waals surface area contributed by atoms with E-state index in [1.54, 1.807) is 0 Å². The largest absolute Gasteiger partial charge is 0.316 e. The first-order valence-electron chi connectivity index (χ1n) is 6.40. The van der Waals surface area contributed by atoms with E-state index in [0.717, 1.165) is 32.1 Å². The average Bonchev–Trinajstić information content (AvgIpc) is 2.25. The first kappa shape index (κ1) is 14.0. The van der Waals surface area contributed by atoms with E-state index in [4.69, 9.17) is 0 Å². The monoisotopic (exact) mass is 247 g/mol. The third kappa shape index (κ3) is 3.45. The molecule has 96 valence electrons. The molecule has 0 bridgehead atoms. The van der Waals surface area contributed by atoms with Crippen LogP contribution in [0.1, 0.15) is 46.0 Å². The van der Waals surface area contributed by atoms with Gasteiger partial charge in [0.05, 0.1) is 11.0 Å². The highest BCUT2D eigenvalue weighted by molar-refractivity contribution is 7.92. The predicted octanol–water partition coefficient (Wildman–Crippen LogP) is 1.98. The van der Waals surface area contributed by atoms with Gasteiger partial charge in [-0.3, -0.25) is 0 Å². The fraction of sp³-hybridized carbons (Fsp3) is 1.00. The van der Waals surface area contributed by atoms with Crippen molar-refractivity contribution in [1.29, 1.82) is 0 Å². The molecule has 0 aromatic rings. The molecule has 3 atom stereocenters. The van der Waals surface area contributed by atoms with Crippen LogP contribution in [0.2, 0.25) is 0 Å². The molecule has 3 unspecified atom stereocenters. The summed E-state index contributed by atoms with van der Waals surface area (Å²) in [5, 5.41) is 3.06. The van der Waals surface area contributed by atoms with Gasteiger partial charge in [0.25, 0.3) is 0 Å². The Morgan fingerprint density at radius 1 is 1.38 bits per heavy atom. The van der Waals surface area contributed by atoms with E-state index < -0.39 is 9.84 Å². The van der Waals surface area contributed by atoms with Gasteiger partial charge in [0.15, 0.2) is 9.84 Å². The topological polar surface area (TPSA) is 46.2 Å². The minimum Gasteiger partial charge on any atom is -0.316 e. The number of sulfone groups is 1. The van der Waals surface area contributed by atoms with Gasteiger partial charge in [0.1, 0.15) is 0 Å². The second kappa shape index (κ2) is 6.01. The number of hydrogen-bond acceptors (Lipinski definition) is 3. The third-order valence-corrected chi connectivity index (χ3v) is 6.15. The molecule has 1 rings (SSSR count). The highest BCUT2D eigenvalue weighted by atomic mass is 32.2. The summed E-state index contributed by atoms with van der Waals surface area (Å²) in [5.41, 5.74) is 0. The van der Waals surface area contributed by atoms with Crippen molar-refractivity contribution in [2.75, 3.05) is 12.8 Å². The van der Waals surface area contributed by atoms with Gasteiger partial charge < -0.3 is 5.32 Å². The Morgan fingerprint density at radius 2 is 2.06 bits per heavy atom. The summed E-state index contributed by atoms with van der Waals surface area (Å²) in [6.07, 6.45) is 4.83. The van der Waals surface area contributed by atoms with E-state index in [9.17, 15) is 8.42 Å². The Kier molecular flexibility index (Phi) is 5.25. The van der Waals surface area contributed by atoms with E-state index in [1.807, 2.05) is 7.05 Å². The Labute approximate surface area is 99.9 Å². The van der Waals surface area contributed by atoms with Gasteiger partial charge >= 0.3 is 0 Å². The summed E-state index contributed by atoms with van der Waals surface area (Å²) in [5.74, 6) is 0.977. The summed E-state index contributed by atoms with van der Waals surface area (Å²) >= 11 is 0. The SMILES string of the molecule is CCC(C)CC(NC)C1CCCCS1(=O)=O. The highest BCUT2D eigenvalue weighted by Gasteiger charge is 2.35. The van der Waals surface area contributed by atoms with Crippen LogP contribution >= 0.6 is 0 Å². The molecule has 1 N–H and O–H groups in total. The number of hydrogen-bond donors (Lipinski definition) is 1. The van der Waals surface area contributed by atoms with Gasteiger partial charge in [0, 0.05) is 6.04 Å². The van der Waals surface area contributed by atoms with Crippen LogP contribution in [-0.4, -0.2) is 32.5 Å². The van der Waals surface area contributed by atoms with Gasteiger partial charge in [-0.2, -0.15) is 0 Å². The van der Waals surface area contributed by atoms with Gasteiger partial charge in [-0.1, -0.05) is 26.7 Å². The summed E-state index contributed by atoms with van der Waals surface area (Å²) in [7, 11) is -0.965. The minimum atomic E-state index is -2.85. The van der Waals surface area contributed by atoms with Crippen molar-refractivity contribution in [3.8, 4) is 0 Å². The first-order valence-corrected chi connectivity index (χ1v) is 8.11. The zero-order chi connectivity index (χ0) is 12.2. The number of rotatable bonds is 5. The lowest BCUT2D eigenvalue weighted by molar-refractivity contribution is 0.376. The molecule has 4 heteroatoms. The standard InChI is InChI=1S/C12H25NO2S/c1-4-10(2)9-11(13-3)12-7-5-6-8-16(12,14)15/h10-13H,4-9H2,1-3H3. The zero-order valence-electron chi connectivity index (χ0n) is 10.7. The molecule has 1 aliphatic heterocycles. The molecule has 0 aromatic heterocycles. The molecule has 1 fully saturated rings. The van der Waals surface area contributed by atoms with Crippen molar-refractivity contribution in [2.24, 2.45) is 5.92 Å². The lowest BCUT2D eigenvalue weighted by Crippen LogP contribution is -2.46. The van der Waals surface area contributed by atoms with E-state index >= 15 is 0 Å². The van der Waals surface area contributed by atoms with E-state index in [-0.39, 0.29) is 11.3 Å². The maximum Gasteiger partial charge on any atom is 0.154 e. The molecular weight excluding hydrogens is 222 g/mol. The van der Waals surface area contributed by atoms with Crippen LogP contribution in [0.3, 0.4) is 0 Å². The summed E-state index contributed by atoms with van der Waals surface area (Å²) < 4.78 is 24.0. The van der Waals surface area contributed by atoms with Crippen LogP contribution < -0.4 is 5.32 Å². The molecule has 1 aliphatic rings. The summed E-state index contributed by atoms with van der Waals surface area (Å²) in [6.45, 7) is 4.35. The van der Waals surface area contributed by atoms with E-state index in [2.05, 4.69) is 19.2 Å². The molecule has 0 radical (unpaired) electrons. The zero-order valence-corrected chi connectivity index (χ0v) is 11.5.